The quantitative estimate of drug-likeness (QED) is 0.683. The Labute approximate surface area is 157 Å². The molecule has 3 aromatic rings. The Balaban J connectivity index is 1.48. The van der Waals surface area contributed by atoms with Crippen LogP contribution in [0.3, 0.4) is 0 Å². The SMILES string of the molecule is O=c1cnn(C[NH+]2CCN(S(=O)(=O)c3ccccc3)CC2)c2ccccc12. The van der Waals surface area contributed by atoms with Crippen molar-refractivity contribution in [2.45, 2.75) is 11.6 Å². The minimum atomic E-state index is -3.44. The smallest absolute Gasteiger partial charge is 0.243 e. The minimum Gasteiger partial charge on any atom is -0.314 e. The van der Waals surface area contributed by atoms with Crippen LogP contribution < -0.4 is 10.3 Å². The average Bonchev–Trinajstić information content (AvgIpc) is 2.71. The van der Waals surface area contributed by atoms with Gasteiger partial charge in [0.05, 0.1) is 42.8 Å². The zero-order chi connectivity index (χ0) is 18.9. The van der Waals surface area contributed by atoms with E-state index in [4.69, 9.17) is 0 Å². The number of aromatic nitrogens is 2. The normalized spacial score (nSPS) is 16.6. The first kappa shape index (κ1) is 17.8. The number of rotatable bonds is 4. The fourth-order valence-electron chi connectivity index (χ4n) is 3.44. The average molecular weight is 385 g/mol. The zero-order valence-electron chi connectivity index (χ0n) is 14.8. The third-order valence-corrected chi connectivity index (χ3v) is 6.86. The molecule has 4 rings (SSSR count). The van der Waals surface area contributed by atoms with Gasteiger partial charge >= 0.3 is 0 Å². The molecule has 1 aromatic heterocycles. The Morgan fingerprint density at radius 1 is 0.963 bits per heavy atom. The van der Waals surface area contributed by atoms with Crippen LogP contribution in [0.15, 0.2) is 70.5 Å². The Kier molecular flexibility index (Phi) is 4.77. The highest BCUT2D eigenvalue weighted by Crippen LogP contribution is 2.14. The van der Waals surface area contributed by atoms with E-state index >= 15 is 0 Å². The molecule has 140 valence electrons. The number of nitrogens with zero attached hydrogens (tertiary/aromatic N) is 3. The molecule has 1 fully saturated rings. The fraction of sp³-hybridized carbons (Fsp3) is 0.263. The van der Waals surface area contributed by atoms with Gasteiger partial charge in [0, 0.05) is 5.39 Å². The van der Waals surface area contributed by atoms with E-state index in [0.717, 1.165) is 5.52 Å². The molecule has 27 heavy (non-hydrogen) atoms. The topological polar surface area (TPSA) is 76.7 Å². The monoisotopic (exact) mass is 385 g/mol. The summed E-state index contributed by atoms with van der Waals surface area (Å²) in [4.78, 5) is 13.5. The molecule has 2 heterocycles. The van der Waals surface area contributed by atoms with Crippen LogP contribution in [0.5, 0.6) is 0 Å². The van der Waals surface area contributed by atoms with Crippen LogP contribution in [0, 0.1) is 0 Å². The highest BCUT2D eigenvalue weighted by atomic mass is 32.2. The second-order valence-corrected chi connectivity index (χ2v) is 8.59. The minimum absolute atomic E-state index is 0.0874. The molecule has 0 unspecified atom stereocenters. The third kappa shape index (κ3) is 3.51. The number of nitrogens with one attached hydrogen (secondary N) is 1. The predicted octanol–water partition coefficient (Wildman–Crippen LogP) is -0.0566. The number of sulfonamides is 1. The van der Waals surface area contributed by atoms with Crippen LogP contribution in [0.2, 0.25) is 0 Å². The maximum atomic E-state index is 12.7. The molecule has 0 bridgehead atoms. The van der Waals surface area contributed by atoms with Crippen molar-refractivity contribution in [1.82, 2.24) is 14.1 Å². The summed E-state index contributed by atoms with van der Waals surface area (Å²) >= 11 is 0. The molecule has 0 radical (unpaired) electrons. The van der Waals surface area contributed by atoms with Crippen LogP contribution >= 0.6 is 0 Å². The van der Waals surface area contributed by atoms with Crippen molar-refractivity contribution in [2.24, 2.45) is 0 Å². The first-order valence-electron chi connectivity index (χ1n) is 8.89. The lowest BCUT2D eigenvalue weighted by Crippen LogP contribution is -3.14. The number of fused-ring (bicyclic) bond motifs is 1. The highest BCUT2D eigenvalue weighted by Gasteiger charge is 2.30. The van der Waals surface area contributed by atoms with E-state index in [1.165, 1.54) is 11.1 Å². The van der Waals surface area contributed by atoms with Crippen molar-refractivity contribution >= 4 is 20.9 Å². The van der Waals surface area contributed by atoms with Gasteiger partial charge in [0.1, 0.15) is 0 Å². The summed E-state index contributed by atoms with van der Waals surface area (Å²) in [6.45, 7) is 2.90. The van der Waals surface area contributed by atoms with E-state index in [1.54, 1.807) is 34.6 Å². The molecule has 0 atom stereocenters. The van der Waals surface area contributed by atoms with Crippen LogP contribution in [0.1, 0.15) is 0 Å². The van der Waals surface area contributed by atoms with E-state index < -0.39 is 10.0 Å². The lowest BCUT2D eigenvalue weighted by Gasteiger charge is -2.31. The second-order valence-electron chi connectivity index (χ2n) is 6.65. The second kappa shape index (κ2) is 7.22. The Morgan fingerprint density at radius 3 is 2.37 bits per heavy atom. The summed E-state index contributed by atoms with van der Waals surface area (Å²) in [6.07, 6.45) is 1.35. The molecular weight excluding hydrogens is 364 g/mol. The fourth-order valence-corrected chi connectivity index (χ4v) is 4.90. The van der Waals surface area contributed by atoms with Gasteiger partial charge in [-0.15, -0.1) is 0 Å². The van der Waals surface area contributed by atoms with E-state index in [0.29, 0.717) is 43.1 Å². The van der Waals surface area contributed by atoms with E-state index in [9.17, 15) is 13.2 Å². The predicted molar refractivity (Wildman–Crippen MR) is 102 cm³/mol. The summed E-state index contributed by atoms with van der Waals surface area (Å²) in [5.41, 5.74) is 0.715. The highest BCUT2D eigenvalue weighted by molar-refractivity contribution is 7.89. The zero-order valence-corrected chi connectivity index (χ0v) is 15.6. The van der Waals surface area contributed by atoms with Crippen molar-refractivity contribution < 1.29 is 13.3 Å². The van der Waals surface area contributed by atoms with E-state index in [2.05, 4.69) is 5.10 Å². The summed E-state index contributed by atoms with van der Waals surface area (Å²) in [5, 5.41) is 4.92. The largest absolute Gasteiger partial charge is 0.314 e. The number of para-hydroxylation sites is 1. The number of quaternary nitrogens is 1. The van der Waals surface area contributed by atoms with E-state index in [1.807, 2.05) is 28.9 Å². The Bertz CT molecular complexity index is 1100. The number of benzene rings is 2. The van der Waals surface area contributed by atoms with Crippen molar-refractivity contribution in [3.05, 3.63) is 71.0 Å². The van der Waals surface area contributed by atoms with Gasteiger partial charge < -0.3 is 4.90 Å². The van der Waals surface area contributed by atoms with Crippen LogP contribution in [-0.2, 0) is 16.7 Å². The van der Waals surface area contributed by atoms with Crippen molar-refractivity contribution in [1.29, 1.82) is 0 Å². The van der Waals surface area contributed by atoms with Gasteiger partial charge in [0.25, 0.3) is 0 Å². The molecule has 1 aliphatic heterocycles. The maximum Gasteiger partial charge on any atom is 0.243 e. The maximum absolute atomic E-state index is 12.7. The molecular formula is C19H21N4O3S+. The van der Waals surface area contributed by atoms with Crippen LogP contribution in [-0.4, -0.2) is 48.7 Å². The Morgan fingerprint density at radius 2 is 1.63 bits per heavy atom. The van der Waals surface area contributed by atoms with Gasteiger partial charge in [-0.1, -0.05) is 30.3 Å². The van der Waals surface area contributed by atoms with E-state index in [-0.39, 0.29) is 5.43 Å². The van der Waals surface area contributed by atoms with Gasteiger partial charge in [0.2, 0.25) is 15.5 Å². The molecule has 0 saturated carbocycles. The molecule has 2 aromatic carbocycles. The van der Waals surface area contributed by atoms with Gasteiger partial charge in [-0.3, -0.25) is 4.79 Å². The molecule has 8 heteroatoms. The molecule has 7 nitrogen and oxygen atoms in total. The van der Waals surface area contributed by atoms with Gasteiger partial charge in [-0.05, 0) is 24.3 Å². The third-order valence-electron chi connectivity index (χ3n) is 4.95. The van der Waals surface area contributed by atoms with Gasteiger partial charge in [-0.25, -0.2) is 13.1 Å². The molecule has 1 aliphatic rings. The summed E-state index contributed by atoms with van der Waals surface area (Å²) in [5.74, 6) is 0. The molecule has 1 N–H and O–H groups in total. The molecule has 0 spiro atoms. The van der Waals surface area contributed by atoms with Crippen molar-refractivity contribution in [3.8, 4) is 0 Å². The Hall–Kier alpha value is -2.55. The first-order chi connectivity index (χ1) is 13.1. The summed E-state index contributed by atoms with van der Waals surface area (Å²) in [7, 11) is -3.44. The summed E-state index contributed by atoms with van der Waals surface area (Å²) < 4.78 is 28.8. The lowest BCUT2D eigenvalue weighted by molar-refractivity contribution is -0.926. The summed E-state index contributed by atoms with van der Waals surface area (Å²) in [6, 6.07) is 16.0. The first-order valence-corrected chi connectivity index (χ1v) is 10.3. The lowest BCUT2D eigenvalue weighted by atomic mass is 10.2. The molecule has 0 aliphatic carbocycles. The molecule has 1 saturated heterocycles. The van der Waals surface area contributed by atoms with Crippen LogP contribution in [0.4, 0.5) is 0 Å². The van der Waals surface area contributed by atoms with Crippen molar-refractivity contribution in [3.63, 3.8) is 0 Å². The number of hydrogen-bond donors (Lipinski definition) is 1. The van der Waals surface area contributed by atoms with Crippen molar-refractivity contribution in [2.75, 3.05) is 26.2 Å². The van der Waals surface area contributed by atoms with Gasteiger partial charge in [0.15, 0.2) is 6.67 Å². The standard InChI is InChI=1S/C19H20N4O3S/c24-19-14-20-23(18-9-5-4-8-17(18)19)15-21-10-12-22(13-11-21)27(25,26)16-6-2-1-3-7-16/h1-9,14H,10-13,15H2/p+1. The number of hydrogen-bond acceptors (Lipinski definition) is 4. The van der Waals surface area contributed by atoms with Gasteiger partial charge in [-0.2, -0.15) is 9.40 Å². The molecule has 0 amide bonds. The number of piperazine rings is 1. The van der Waals surface area contributed by atoms with Crippen LogP contribution in [0.25, 0.3) is 10.9 Å².